The van der Waals surface area contributed by atoms with E-state index < -0.39 is 0 Å². The maximum absolute atomic E-state index is 12.2. The number of thioether (sulfide) groups is 1. The summed E-state index contributed by atoms with van der Waals surface area (Å²) >= 11 is 1.35. The van der Waals surface area contributed by atoms with Crippen molar-refractivity contribution in [1.29, 1.82) is 0 Å². The lowest BCUT2D eigenvalue weighted by atomic mass is 10.1. The predicted molar refractivity (Wildman–Crippen MR) is 113 cm³/mol. The van der Waals surface area contributed by atoms with E-state index in [0.29, 0.717) is 35.6 Å². The van der Waals surface area contributed by atoms with E-state index in [1.165, 1.54) is 17.3 Å². The highest BCUT2D eigenvalue weighted by Gasteiger charge is 2.14. The van der Waals surface area contributed by atoms with Crippen LogP contribution in [0.5, 0.6) is 17.2 Å². The second-order valence-electron chi connectivity index (χ2n) is 6.47. The number of hydrogen-bond acceptors (Lipinski definition) is 7. The van der Waals surface area contributed by atoms with Crippen LogP contribution < -0.4 is 19.5 Å². The Hall–Kier alpha value is -3.20. The number of aryl methyl sites for hydroxylation is 1. The number of benzene rings is 2. The maximum Gasteiger partial charge on any atom is 0.231 e. The summed E-state index contributed by atoms with van der Waals surface area (Å²) in [6.07, 6.45) is 2.58. The third kappa shape index (κ3) is 4.68. The molecule has 9 heteroatoms. The first kappa shape index (κ1) is 20.1. The molecule has 0 atom stereocenters. The number of ether oxygens (including phenoxy) is 3. The fourth-order valence-corrected chi connectivity index (χ4v) is 3.79. The molecule has 1 aliphatic rings. The van der Waals surface area contributed by atoms with Crippen molar-refractivity contribution in [3.63, 3.8) is 0 Å². The van der Waals surface area contributed by atoms with E-state index in [-0.39, 0.29) is 18.5 Å². The van der Waals surface area contributed by atoms with E-state index in [0.717, 1.165) is 12.1 Å². The highest BCUT2D eigenvalue weighted by atomic mass is 32.2. The van der Waals surface area contributed by atoms with Gasteiger partial charge in [-0.2, -0.15) is 0 Å². The molecule has 1 aromatic heterocycles. The van der Waals surface area contributed by atoms with Crippen LogP contribution in [0.25, 0.3) is 5.69 Å². The Morgan fingerprint density at radius 2 is 2.10 bits per heavy atom. The normalized spacial score (nSPS) is 12.0. The SMILES string of the molecule is CCc1ccccc1-n1cnnc1SCC(=O)NCCOc1ccc2c(c1)OCO2. The summed E-state index contributed by atoms with van der Waals surface area (Å²) in [6.45, 7) is 3.09. The second-order valence-corrected chi connectivity index (χ2v) is 7.41. The van der Waals surface area contributed by atoms with E-state index in [9.17, 15) is 4.79 Å². The lowest BCUT2D eigenvalue weighted by molar-refractivity contribution is -0.118. The molecule has 2 aromatic carbocycles. The molecule has 0 aliphatic carbocycles. The molecule has 30 heavy (non-hydrogen) atoms. The summed E-state index contributed by atoms with van der Waals surface area (Å²) < 4.78 is 18.2. The highest BCUT2D eigenvalue weighted by Crippen LogP contribution is 2.35. The Morgan fingerprint density at radius 1 is 1.23 bits per heavy atom. The van der Waals surface area contributed by atoms with E-state index >= 15 is 0 Å². The molecule has 1 aliphatic heterocycles. The van der Waals surface area contributed by atoms with Crippen LogP contribution in [-0.4, -0.2) is 46.4 Å². The third-order valence-corrected chi connectivity index (χ3v) is 5.46. The number of nitrogens with zero attached hydrogens (tertiary/aromatic N) is 3. The van der Waals surface area contributed by atoms with Crippen LogP contribution in [0.2, 0.25) is 0 Å². The van der Waals surface area contributed by atoms with E-state index in [2.05, 4.69) is 28.5 Å². The average molecular weight is 426 g/mol. The molecular formula is C21H22N4O4S. The molecule has 0 bridgehead atoms. The lowest BCUT2D eigenvalue weighted by Gasteiger charge is -2.11. The summed E-state index contributed by atoms with van der Waals surface area (Å²) in [6, 6.07) is 13.5. The third-order valence-electron chi connectivity index (χ3n) is 4.52. The summed E-state index contributed by atoms with van der Waals surface area (Å²) in [5, 5.41) is 11.7. The summed E-state index contributed by atoms with van der Waals surface area (Å²) in [5.41, 5.74) is 2.23. The minimum atomic E-state index is -0.0902. The zero-order valence-corrected chi connectivity index (χ0v) is 17.4. The summed E-state index contributed by atoms with van der Waals surface area (Å²) in [4.78, 5) is 12.2. The van der Waals surface area contributed by atoms with Gasteiger partial charge in [-0.05, 0) is 30.2 Å². The van der Waals surface area contributed by atoms with Crippen molar-refractivity contribution >= 4 is 17.7 Å². The fourth-order valence-electron chi connectivity index (χ4n) is 3.04. The van der Waals surface area contributed by atoms with Crippen molar-refractivity contribution < 1.29 is 19.0 Å². The molecule has 3 aromatic rings. The number of amides is 1. The topological polar surface area (TPSA) is 87.5 Å². The summed E-state index contributed by atoms with van der Waals surface area (Å²) in [7, 11) is 0. The number of para-hydroxylation sites is 1. The van der Waals surface area contributed by atoms with Gasteiger partial charge in [0, 0.05) is 6.07 Å². The Kier molecular flexibility index (Phi) is 6.38. The molecule has 2 heterocycles. The van der Waals surface area contributed by atoms with Crippen LogP contribution in [0.4, 0.5) is 0 Å². The van der Waals surface area contributed by atoms with E-state index in [1.807, 2.05) is 28.8 Å². The fraction of sp³-hybridized carbons (Fsp3) is 0.286. The number of nitrogens with one attached hydrogen (secondary N) is 1. The number of hydrogen-bond donors (Lipinski definition) is 1. The lowest BCUT2D eigenvalue weighted by Crippen LogP contribution is -2.29. The molecule has 0 radical (unpaired) electrons. The Labute approximate surface area is 178 Å². The van der Waals surface area contributed by atoms with Gasteiger partial charge in [-0.3, -0.25) is 9.36 Å². The first-order valence-electron chi connectivity index (χ1n) is 9.65. The first-order valence-corrected chi connectivity index (χ1v) is 10.6. The number of rotatable bonds is 9. The zero-order valence-electron chi connectivity index (χ0n) is 16.5. The molecule has 8 nitrogen and oxygen atoms in total. The minimum absolute atomic E-state index is 0.0902. The molecule has 0 spiro atoms. The van der Waals surface area contributed by atoms with Gasteiger partial charge in [-0.25, -0.2) is 0 Å². The second kappa shape index (κ2) is 9.53. The van der Waals surface area contributed by atoms with Gasteiger partial charge in [0.05, 0.1) is 18.0 Å². The van der Waals surface area contributed by atoms with Gasteiger partial charge in [0.15, 0.2) is 16.7 Å². The molecule has 0 saturated heterocycles. The standard InChI is InChI=1S/C21H22N4O4S/c1-2-15-5-3-4-6-17(15)25-13-23-24-21(25)30-12-20(26)22-9-10-27-16-7-8-18-19(11-16)29-14-28-18/h3-8,11,13H,2,9-10,12,14H2,1H3,(H,22,26). The molecule has 156 valence electrons. The monoisotopic (exact) mass is 426 g/mol. The van der Waals surface area contributed by atoms with Crippen LogP contribution >= 0.6 is 11.8 Å². The van der Waals surface area contributed by atoms with Crippen molar-refractivity contribution in [2.45, 2.75) is 18.5 Å². The van der Waals surface area contributed by atoms with Gasteiger partial charge in [0.2, 0.25) is 12.7 Å². The van der Waals surface area contributed by atoms with Gasteiger partial charge in [0.1, 0.15) is 18.7 Å². The molecule has 1 N–H and O–H groups in total. The quantitative estimate of drug-likeness (QED) is 0.416. The zero-order chi connectivity index (χ0) is 20.8. The van der Waals surface area contributed by atoms with Crippen molar-refractivity contribution in [3.05, 3.63) is 54.4 Å². The van der Waals surface area contributed by atoms with Crippen molar-refractivity contribution in [2.24, 2.45) is 0 Å². The predicted octanol–water partition coefficient (Wildman–Crippen LogP) is 2.85. The van der Waals surface area contributed by atoms with Crippen LogP contribution in [0.3, 0.4) is 0 Å². The number of carbonyl (C=O) groups excluding carboxylic acids is 1. The number of aromatic nitrogens is 3. The summed E-state index contributed by atoms with van der Waals surface area (Å²) in [5.74, 6) is 2.21. The van der Waals surface area contributed by atoms with Crippen LogP contribution in [0.1, 0.15) is 12.5 Å². The van der Waals surface area contributed by atoms with Crippen LogP contribution in [0, 0.1) is 0 Å². The van der Waals surface area contributed by atoms with Gasteiger partial charge in [0.25, 0.3) is 0 Å². The van der Waals surface area contributed by atoms with Crippen molar-refractivity contribution in [1.82, 2.24) is 20.1 Å². The van der Waals surface area contributed by atoms with Crippen LogP contribution in [0.15, 0.2) is 53.9 Å². The van der Waals surface area contributed by atoms with Gasteiger partial charge >= 0.3 is 0 Å². The Morgan fingerprint density at radius 3 is 3.00 bits per heavy atom. The van der Waals surface area contributed by atoms with E-state index in [1.54, 1.807) is 18.5 Å². The van der Waals surface area contributed by atoms with Gasteiger partial charge in [-0.15, -0.1) is 10.2 Å². The molecule has 0 saturated carbocycles. The smallest absolute Gasteiger partial charge is 0.231 e. The molecular weight excluding hydrogens is 404 g/mol. The molecule has 4 rings (SSSR count). The Bertz CT molecular complexity index is 1020. The van der Waals surface area contributed by atoms with Crippen molar-refractivity contribution in [2.75, 3.05) is 25.7 Å². The van der Waals surface area contributed by atoms with E-state index in [4.69, 9.17) is 14.2 Å². The number of fused-ring (bicyclic) bond motifs is 1. The average Bonchev–Trinajstić information content (AvgIpc) is 3.44. The number of carbonyl (C=O) groups is 1. The van der Waals surface area contributed by atoms with Gasteiger partial charge in [-0.1, -0.05) is 36.9 Å². The molecule has 0 fully saturated rings. The highest BCUT2D eigenvalue weighted by molar-refractivity contribution is 7.99. The first-order chi connectivity index (χ1) is 14.7. The van der Waals surface area contributed by atoms with Gasteiger partial charge < -0.3 is 19.5 Å². The Balaban J connectivity index is 1.23. The maximum atomic E-state index is 12.2. The largest absolute Gasteiger partial charge is 0.492 e. The molecule has 1 amide bonds. The van der Waals surface area contributed by atoms with Crippen molar-refractivity contribution in [3.8, 4) is 22.9 Å². The molecule has 0 unspecified atom stereocenters. The van der Waals surface area contributed by atoms with Crippen LogP contribution in [-0.2, 0) is 11.2 Å². The minimum Gasteiger partial charge on any atom is -0.492 e.